The van der Waals surface area contributed by atoms with Gasteiger partial charge in [-0.2, -0.15) is 0 Å². The lowest BCUT2D eigenvalue weighted by Gasteiger charge is -2.58. The zero-order valence-electron chi connectivity index (χ0n) is 31.3. The summed E-state index contributed by atoms with van der Waals surface area (Å²) in [5.41, 5.74) is 1.32. The minimum absolute atomic E-state index is 0.0101. The highest BCUT2D eigenvalue weighted by Crippen LogP contribution is 2.67. The summed E-state index contributed by atoms with van der Waals surface area (Å²) in [6.07, 6.45) is -4.31. The maximum absolute atomic E-state index is 11.5. The van der Waals surface area contributed by atoms with Crippen LogP contribution in [0.2, 0.25) is 0 Å². The van der Waals surface area contributed by atoms with Gasteiger partial charge in [0.1, 0.15) is 42.7 Å². The van der Waals surface area contributed by atoms with E-state index in [-0.39, 0.29) is 28.8 Å². The third-order valence-electron chi connectivity index (χ3n) is 14.6. The van der Waals surface area contributed by atoms with E-state index >= 15 is 0 Å². The van der Waals surface area contributed by atoms with Crippen molar-refractivity contribution in [3.63, 3.8) is 0 Å². The molecule has 0 spiro atoms. The Kier molecular flexibility index (Phi) is 12.1. The Morgan fingerprint density at radius 1 is 0.843 bits per heavy atom. The molecule has 0 amide bonds. The Morgan fingerprint density at radius 3 is 2.22 bits per heavy atom. The molecule has 4 aliphatic carbocycles. The fraction of sp³-hybridized carbons (Fsp3) is 0.949. The topological polar surface area (TPSA) is 199 Å². The van der Waals surface area contributed by atoms with E-state index in [0.717, 1.165) is 51.4 Å². The molecule has 6 rings (SSSR count). The standard InChI is InChI=1S/C39H66O12/c1-18(2)7-10-26(41)19(3)29-27(42)16-25-23-9-8-21-15-22(11-13-38(21,5)24(23)12-14-39(25,29)6)49-37-34(47)32(45)35(28(17-40)50-37)51-36-33(46)31(44)30(43)20(4)48-36/h8,18-20,22-37,40-47H,7,9-17H2,1-6H3/t19-,20+,22+,23-,24+,25+,26+,27+,28-,29+,30+,31-,32-,33-,34-,35-,36+,37-,38+,39+/m1/s1. The van der Waals surface area contributed by atoms with Gasteiger partial charge in [-0.1, -0.05) is 46.3 Å². The van der Waals surface area contributed by atoms with Gasteiger partial charge in [0, 0.05) is 0 Å². The molecule has 3 saturated carbocycles. The predicted molar refractivity (Wildman–Crippen MR) is 186 cm³/mol. The van der Waals surface area contributed by atoms with Gasteiger partial charge in [-0.05, 0) is 111 Å². The Labute approximate surface area is 303 Å². The van der Waals surface area contributed by atoms with Gasteiger partial charge < -0.3 is 59.8 Å². The van der Waals surface area contributed by atoms with E-state index in [1.807, 2.05) is 0 Å². The number of allylic oxidation sites excluding steroid dienone is 1. The van der Waals surface area contributed by atoms with E-state index in [9.17, 15) is 40.9 Å². The highest BCUT2D eigenvalue weighted by Gasteiger charge is 2.62. The Balaban J connectivity index is 1.09. The molecule has 294 valence electrons. The van der Waals surface area contributed by atoms with Crippen molar-refractivity contribution in [1.82, 2.24) is 0 Å². The summed E-state index contributed by atoms with van der Waals surface area (Å²) in [6, 6.07) is 0. The Morgan fingerprint density at radius 2 is 1.53 bits per heavy atom. The summed E-state index contributed by atoms with van der Waals surface area (Å²) in [5, 5.41) is 85.7. The van der Waals surface area contributed by atoms with Gasteiger partial charge >= 0.3 is 0 Å². The zero-order chi connectivity index (χ0) is 37.2. The molecular weight excluding hydrogens is 660 g/mol. The van der Waals surface area contributed by atoms with Crippen molar-refractivity contribution >= 4 is 0 Å². The average molecular weight is 727 g/mol. The molecule has 6 aliphatic rings. The summed E-state index contributed by atoms with van der Waals surface area (Å²) >= 11 is 0. The van der Waals surface area contributed by atoms with Crippen molar-refractivity contribution in [3.05, 3.63) is 11.6 Å². The van der Waals surface area contributed by atoms with Crippen LogP contribution < -0.4 is 0 Å². The quantitative estimate of drug-likeness (QED) is 0.153. The van der Waals surface area contributed by atoms with Crippen LogP contribution in [0, 0.1) is 46.3 Å². The second-order valence-corrected chi connectivity index (χ2v) is 18.0. The lowest BCUT2D eigenvalue weighted by molar-refractivity contribution is -0.360. The van der Waals surface area contributed by atoms with E-state index in [2.05, 4.69) is 40.7 Å². The summed E-state index contributed by atoms with van der Waals surface area (Å²) in [6.45, 7) is 12.2. The average Bonchev–Trinajstić information content (AvgIpc) is 3.37. The highest BCUT2D eigenvalue weighted by atomic mass is 16.7. The third-order valence-corrected chi connectivity index (χ3v) is 14.6. The van der Waals surface area contributed by atoms with Crippen LogP contribution in [0.15, 0.2) is 11.6 Å². The number of hydrogen-bond donors (Lipinski definition) is 8. The molecule has 0 aromatic heterocycles. The smallest absolute Gasteiger partial charge is 0.187 e. The van der Waals surface area contributed by atoms with Gasteiger partial charge in [-0.15, -0.1) is 0 Å². The first kappa shape index (κ1) is 39.9. The van der Waals surface area contributed by atoms with Crippen LogP contribution in [-0.4, -0.2) is 127 Å². The minimum Gasteiger partial charge on any atom is -0.394 e. The van der Waals surface area contributed by atoms with Crippen molar-refractivity contribution in [1.29, 1.82) is 0 Å². The van der Waals surface area contributed by atoms with E-state index < -0.39 is 80.2 Å². The molecule has 12 heteroatoms. The molecule has 20 atom stereocenters. The largest absolute Gasteiger partial charge is 0.394 e. The number of hydrogen-bond acceptors (Lipinski definition) is 12. The number of rotatable bonds is 10. The molecular formula is C39H66O12. The molecule has 5 fully saturated rings. The van der Waals surface area contributed by atoms with E-state index in [1.165, 1.54) is 12.5 Å². The van der Waals surface area contributed by atoms with Gasteiger partial charge in [-0.25, -0.2) is 0 Å². The van der Waals surface area contributed by atoms with Crippen molar-refractivity contribution in [3.8, 4) is 0 Å². The van der Waals surface area contributed by atoms with Gasteiger partial charge in [0.2, 0.25) is 0 Å². The van der Waals surface area contributed by atoms with Gasteiger partial charge in [0.25, 0.3) is 0 Å². The summed E-state index contributed by atoms with van der Waals surface area (Å²) < 4.78 is 23.6. The van der Waals surface area contributed by atoms with Gasteiger partial charge in [-0.3, -0.25) is 0 Å². The Bertz CT molecular complexity index is 1210. The van der Waals surface area contributed by atoms with Crippen LogP contribution in [-0.2, 0) is 18.9 Å². The van der Waals surface area contributed by atoms with Crippen LogP contribution in [0.5, 0.6) is 0 Å². The number of aliphatic hydroxyl groups excluding tert-OH is 8. The fourth-order valence-corrected chi connectivity index (χ4v) is 11.6. The summed E-state index contributed by atoms with van der Waals surface area (Å²) in [7, 11) is 0. The van der Waals surface area contributed by atoms with E-state index in [1.54, 1.807) is 0 Å². The molecule has 0 aromatic rings. The lowest BCUT2D eigenvalue weighted by atomic mass is 9.47. The molecule has 0 bridgehead atoms. The first-order chi connectivity index (χ1) is 24.0. The number of fused-ring (bicyclic) bond motifs is 5. The van der Waals surface area contributed by atoms with Crippen molar-refractivity contribution in [2.45, 2.75) is 179 Å². The molecule has 2 heterocycles. The van der Waals surface area contributed by atoms with E-state index in [4.69, 9.17) is 18.9 Å². The van der Waals surface area contributed by atoms with Crippen LogP contribution in [0.25, 0.3) is 0 Å². The summed E-state index contributed by atoms with van der Waals surface area (Å²) in [5.74, 6) is 2.02. The molecule has 51 heavy (non-hydrogen) atoms. The highest BCUT2D eigenvalue weighted by molar-refractivity contribution is 5.26. The second-order valence-electron chi connectivity index (χ2n) is 18.0. The zero-order valence-corrected chi connectivity index (χ0v) is 31.3. The predicted octanol–water partition coefficient (Wildman–Crippen LogP) is 2.01. The molecule has 2 aliphatic heterocycles. The lowest BCUT2D eigenvalue weighted by Crippen LogP contribution is -2.64. The number of aliphatic hydroxyl groups is 8. The van der Waals surface area contributed by atoms with Gasteiger partial charge in [0.15, 0.2) is 12.6 Å². The van der Waals surface area contributed by atoms with Crippen LogP contribution in [0.3, 0.4) is 0 Å². The maximum Gasteiger partial charge on any atom is 0.187 e. The van der Waals surface area contributed by atoms with Gasteiger partial charge in [0.05, 0.1) is 31.0 Å². The third kappa shape index (κ3) is 7.24. The van der Waals surface area contributed by atoms with Crippen molar-refractivity contribution in [2.24, 2.45) is 46.3 Å². The molecule has 0 radical (unpaired) electrons. The Hall–Kier alpha value is -0.740. The molecule has 0 aromatic carbocycles. The number of ether oxygens (including phenoxy) is 4. The fourth-order valence-electron chi connectivity index (χ4n) is 11.6. The summed E-state index contributed by atoms with van der Waals surface area (Å²) in [4.78, 5) is 0. The van der Waals surface area contributed by atoms with Crippen molar-refractivity contribution in [2.75, 3.05) is 6.61 Å². The second kappa shape index (κ2) is 15.4. The normalized spacial score (nSPS) is 51.3. The first-order valence-corrected chi connectivity index (χ1v) is 19.7. The molecule has 0 unspecified atom stereocenters. The minimum atomic E-state index is -1.62. The van der Waals surface area contributed by atoms with Crippen molar-refractivity contribution < 1.29 is 59.8 Å². The van der Waals surface area contributed by atoms with Crippen LogP contribution >= 0.6 is 0 Å². The monoisotopic (exact) mass is 726 g/mol. The van der Waals surface area contributed by atoms with E-state index in [0.29, 0.717) is 30.1 Å². The SMILES string of the molecule is CC(C)CC[C@H](O)[C@@H](C)[C@H]1[C@@H](O)C[C@H]2[C@@H]3CC=C4C[C@@H](O[C@@H]5O[C@H](CO)[C@@H](O[C@@H]6O[C@@H](C)[C@H](O)[C@@H](O)[C@H]6O)[C@H](O)[C@H]5O)CC[C@]4(C)[C@H]3CC[C@]12C. The first-order valence-electron chi connectivity index (χ1n) is 19.7. The molecule has 2 saturated heterocycles. The molecule has 12 nitrogen and oxygen atoms in total. The van der Waals surface area contributed by atoms with Crippen LogP contribution in [0.4, 0.5) is 0 Å². The molecule has 8 N–H and O–H groups in total. The van der Waals surface area contributed by atoms with Crippen LogP contribution in [0.1, 0.15) is 99.3 Å². The maximum atomic E-state index is 11.5.